The lowest BCUT2D eigenvalue weighted by Gasteiger charge is -2.30. The number of ether oxygens (including phenoxy) is 1. The molecule has 3 N–H and O–H groups in total. The van der Waals surface area contributed by atoms with Gasteiger partial charge in [-0.1, -0.05) is 39.3 Å². The summed E-state index contributed by atoms with van der Waals surface area (Å²) in [6, 6.07) is 4.25. The molecule has 1 aliphatic rings. The summed E-state index contributed by atoms with van der Waals surface area (Å²) in [6.45, 7) is 9.84. The molecule has 21 heavy (non-hydrogen) atoms. The van der Waals surface area contributed by atoms with Crippen LogP contribution in [0.2, 0.25) is 5.02 Å². The van der Waals surface area contributed by atoms with E-state index in [-0.39, 0.29) is 11.5 Å². The quantitative estimate of drug-likeness (QED) is 0.643. The molecule has 1 aromatic rings. The van der Waals surface area contributed by atoms with Crippen molar-refractivity contribution in [2.45, 2.75) is 53.0 Å². The molecule has 3 nitrogen and oxygen atoms in total. The molecule has 2 unspecified atom stereocenters. The Hall–Kier alpha value is -0.770. The van der Waals surface area contributed by atoms with Gasteiger partial charge in [0.2, 0.25) is 0 Å². The third-order valence-corrected chi connectivity index (χ3v) is 4.86. The molecule has 1 heterocycles. The van der Waals surface area contributed by atoms with Crippen LogP contribution in [0.4, 0.5) is 0 Å². The number of hydrogen-bond acceptors (Lipinski definition) is 3. The number of nitrogens with two attached hydrogens (primary N) is 1. The molecule has 0 amide bonds. The summed E-state index contributed by atoms with van der Waals surface area (Å²) in [6.07, 6.45) is 2.82. The van der Waals surface area contributed by atoms with Crippen molar-refractivity contribution in [2.75, 3.05) is 6.61 Å². The van der Waals surface area contributed by atoms with Crippen molar-refractivity contribution in [2.24, 2.45) is 17.2 Å². The first-order valence-corrected chi connectivity index (χ1v) is 8.09. The summed E-state index contributed by atoms with van der Waals surface area (Å²) >= 11 is 6.23. The van der Waals surface area contributed by atoms with Gasteiger partial charge < -0.3 is 4.74 Å². The predicted molar refractivity (Wildman–Crippen MR) is 88.7 cm³/mol. The van der Waals surface area contributed by atoms with Crippen molar-refractivity contribution in [1.82, 2.24) is 5.43 Å². The van der Waals surface area contributed by atoms with Gasteiger partial charge in [-0.2, -0.15) is 0 Å². The first kappa shape index (κ1) is 16.6. The molecule has 0 aliphatic carbocycles. The van der Waals surface area contributed by atoms with Gasteiger partial charge in [0.25, 0.3) is 0 Å². The van der Waals surface area contributed by atoms with Crippen molar-refractivity contribution < 1.29 is 4.74 Å². The molecule has 2 rings (SSSR count). The van der Waals surface area contributed by atoms with Crippen molar-refractivity contribution in [3.63, 3.8) is 0 Å². The molecule has 0 bridgehead atoms. The Labute approximate surface area is 133 Å². The number of benzene rings is 1. The largest absolute Gasteiger partial charge is 0.493 e. The van der Waals surface area contributed by atoms with Crippen LogP contribution in [0.25, 0.3) is 0 Å². The lowest BCUT2D eigenvalue weighted by Crippen LogP contribution is -2.39. The van der Waals surface area contributed by atoms with Crippen molar-refractivity contribution >= 4 is 11.6 Å². The van der Waals surface area contributed by atoms with Crippen molar-refractivity contribution in [3.05, 3.63) is 28.3 Å². The number of nitrogens with one attached hydrogen (secondary N) is 1. The third kappa shape index (κ3) is 4.12. The van der Waals surface area contributed by atoms with Crippen molar-refractivity contribution in [3.8, 4) is 5.75 Å². The molecule has 0 saturated heterocycles. The molecule has 1 aromatic carbocycles. The fourth-order valence-corrected chi connectivity index (χ4v) is 3.02. The second-order valence-corrected chi connectivity index (χ2v) is 7.66. The summed E-state index contributed by atoms with van der Waals surface area (Å²) in [5.41, 5.74) is 5.63. The van der Waals surface area contributed by atoms with Gasteiger partial charge in [0.15, 0.2) is 0 Å². The number of fused-ring (bicyclic) bond motifs is 1. The first-order chi connectivity index (χ1) is 9.81. The molecule has 118 valence electrons. The molecular weight excluding hydrogens is 284 g/mol. The van der Waals surface area contributed by atoms with E-state index in [0.717, 1.165) is 36.6 Å². The topological polar surface area (TPSA) is 47.3 Å². The Balaban J connectivity index is 2.12. The Kier molecular flexibility index (Phi) is 5.18. The smallest absolute Gasteiger partial charge is 0.125 e. The highest BCUT2D eigenvalue weighted by Crippen LogP contribution is 2.35. The fraction of sp³-hybridized carbons (Fsp3) is 0.647. The average Bonchev–Trinajstić information content (AvgIpc) is 2.84. The van der Waals surface area contributed by atoms with Crippen LogP contribution in [0.15, 0.2) is 12.1 Å². The highest BCUT2D eigenvalue weighted by atomic mass is 35.5. The molecule has 2 atom stereocenters. The molecule has 0 aromatic heterocycles. The van der Waals surface area contributed by atoms with Crippen molar-refractivity contribution in [1.29, 1.82) is 0 Å². The van der Waals surface area contributed by atoms with Gasteiger partial charge in [0.05, 0.1) is 6.61 Å². The average molecular weight is 311 g/mol. The number of halogens is 1. The summed E-state index contributed by atoms with van der Waals surface area (Å²) < 4.78 is 5.77. The van der Waals surface area contributed by atoms with Gasteiger partial charge in [-0.25, -0.2) is 0 Å². The maximum absolute atomic E-state index is 6.23. The van der Waals surface area contributed by atoms with Gasteiger partial charge in [-0.05, 0) is 47.4 Å². The fourth-order valence-electron chi connectivity index (χ4n) is 2.75. The summed E-state index contributed by atoms with van der Waals surface area (Å²) in [5.74, 6) is 7.36. The van der Waals surface area contributed by atoms with Gasteiger partial charge in [0.1, 0.15) is 5.75 Å². The lowest BCUT2D eigenvalue weighted by atomic mass is 9.78. The van der Waals surface area contributed by atoms with E-state index in [2.05, 4.69) is 33.1 Å². The number of rotatable bonds is 5. The minimum Gasteiger partial charge on any atom is -0.493 e. The SMILES string of the molecule is CC(CC(Cc1cc(Cl)cc2c1OCC2)NN)C(C)(C)C. The van der Waals surface area contributed by atoms with Crippen LogP contribution in [0.5, 0.6) is 5.75 Å². The van der Waals surface area contributed by atoms with E-state index in [1.807, 2.05) is 12.1 Å². The van der Waals surface area contributed by atoms with Gasteiger partial charge >= 0.3 is 0 Å². The Bertz CT molecular complexity index is 496. The van der Waals surface area contributed by atoms with E-state index >= 15 is 0 Å². The van der Waals surface area contributed by atoms with Crippen LogP contribution in [0, 0.1) is 11.3 Å². The number of hydrogen-bond donors (Lipinski definition) is 2. The summed E-state index contributed by atoms with van der Waals surface area (Å²) in [5, 5.41) is 0.786. The van der Waals surface area contributed by atoms with E-state index in [1.54, 1.807) is 0 Å². The Morgan fingerprint density at radius 1 is 1.38 bits per heavy atom. The van der Waals surface area contributed by atoms with Crippen LogP contribution < -0.4 is 16.0 Å². The highest BCUT2D eigenvalue weighted by Gasteiger charge is 2.25. The molecular formula is C17H27ClN2O. The standard InChI is InChI=1S/C17H27ClN2O/c1-11(17(2,3)4)7-15(20-19)10-13-9-14(18)8-12-5-6-21-16(12)13/h8-9,11,15,20H,5-7,10,19H2,1-4H3. The zero-order valence-electron chi connectivity index (χ0n) is 13.5. The predicted octanol–water partition coefficient (Wildman–Crippen LogP) is 3.72. The van der Waals surface area contributed by atoms with Gasteiger partial charge in [-0.15, -0.1) is 0 Å². The van der Waals surface area contributed by atoms with Crippen LogP contribution in [0.3, 0.4) is 0 Å². The monoisotopic (exact) mass is 310 g/mol. The number of hydrazine groups is 1. The van der Waals surface area contributed by atoms with Crippen LogP contribution >= 0.6 is 11.6 Å². The van der Waals surface area contributed by atoms with E-state index in [4.69, 9.17) is 22.2 Å². The molecule has 0 saturated carbocycles. The van der Waals surface area contributed by atoms with Crippen LogP contribution in [-0.2, 0) is 12.8 Å². The zero-order chi connectivity index (χ0) is 15.6. The molecule has 4 heteroatoms. The summed E-state index contributed by atoms with van der Waals surface area (Å²) in [4.78, 5) is 0. The molecule has 0 fully saturated rings. The van der Waals surface area contributed by atoms with E-state index in [9.17, 15) is 0 Å². The Morgan fingerprint density at radius 3 is 2.71 bits per heavy atom. The van der Waals surface area contributed by atoms with Crippen LogP contribution in [0.1, 0.15) is 45.2 Å². The van der Waals surface area contributed by atoms with Crippen LogP contribution in [-0.4, -0.2) is 12.6 Å². The second-order valence-electron chi connectivity index (χ2n) is 7.22. The van der Waals surface area contributed by atoms with E-state index in [1.165, 1.54) is 11.1 Å². The normalized spacial score (nSPS) is 17.2. The maximum atomic E-state index is 6.23. The molecule has 0 radical (unpaired) electrons. The minimum absolute atomic E-state index is 0.228. The Morgan fingerprint density at radius 2 is 2.10 bits per heavy atom. The summed E-state index contributed by atoms with van der Waals surface area (Å²) in [7, 11) is 0. The van der Waals surface area contributed by atoms with Gasteiger partial charge in [-0.3, -0.25) is 11.3 Å². The second kappa shape index (κ2) is 6.55. The molecule has 0 spiro atoms. The third-order valence-electron chi connectivity index (χ3n) is 4.64. The minimum atomic E-state index is 0.228. The van der Waals surface area contributed by atoms with Gasteiger partial charge in [0, 0.05) is 17.5 Å². The first-order valence-electron chi connectivity index (χ1n) is 7.71. The van der Waals surface area contributed by atoms with E-state index < -0.39 is 0 Å². The van der Waals surface area contributed by atoms with E-state index in [0.29, 0.717) is 5.92 Å². The lowest BCUT2D eigenvalue weighted by molar-refractivity contribution is 0.222. The zero-order valence-corrected chi connectivity index (χ0v) is 14.3. The maximum Gasteiger partial charge on any atom is 0.125 e. The highest BCUT2D eigenvalue weighted by molar-refractivity contribution is 6.30. The molecule has 1 aliphatic heterocycles.